The molecule has 5 nitrogen and oxygen atoms in total. The zero-order chi connectivity index (χ0) is 15.2. The Morgan fingerprint density at radius 3 is 2.62 bits per heavy atom. The number of hydrogen-bond donors (Lipinski definition) is 2. The van der Waals surface area contributed by atoms with E-state index in [1.807, 2.05) is 19.1 Å². The minimum Gasteiger partial charge on any atom is -0.497 e. The number of amides is 1. The number of rotatable bonds is 5. The summed E-state index contributed by atoms with van der Waals surface area (Å²) in [6, 6.07) is 12.5. The summed E-state index contributed by atoms with van der Waals surface area (Å²) in [5.41, 5.74) is 7.90. The molecule has 2 aromatic carbocycles. The van der Waals surface area contributed by atoms with Crippen LogP contribution in [0.4, 0.5) is 11.4 Å². The molecule has 0 aromatic heterocycles. The molecule has 5 heteroatoms. The molecule has 0 atom stereocenters. The molecule has 0 heterocycles. The number of hydrogen-bond acceptors (Lipinski definition) is 4. The Bertz CT molecular complexity index is 621. The van der Waals surface area contributed by atoms with Gasteiger partial charge in [-0.05, 0) is 30.7 Å². The van der Waals surface area contributed by atoms with Crippen molar-refractivity contribution >= 4 is 17.3 Å². The summed E-state index contributed by atoms with van der Waals surface area (Å²) in [6.07, 6.45) is 0. The number of nitrogens with one attached hydrogen (secondary N) is 1. The van der Waals surface area contributed by atoms with Crippen LogP contribution >= 0.6 is 0 Å². The van der Waals surface area contributed by atoms with Crippen LogP contribution in [-0.2, 0) is 4.79 Å². The Kier molecular flexibility index (Phi) is 4.66. The maximum absolute atomic E-state index is 11.9. The molecule has 0 saturated heterocycles. The fraction of sp³-hybridized carbons (Fsp3) is 0.188. The molecular formula is C16H18N2O3. The maximum Gasteiger partial charge on any atom is 0.262 e. The van der Waals surface area contributed by atoms with Crippen molar-refractivity contribution in [3.63, 3.8) is 0 Å². The molecule has 110 valence electrons. The van der Waals surface area contributed by atoms with Crippen molar-refractivity contribution in [3.8, 4) is 11.5 Å². The van der Waals surface area contributed by atoms with Crippen molar-refractivity contribution in [1.82, 2.24) is 0 Å². The van der Waals surface area contributed by atoms with Crippen molar-refractivity contribution < 1.29 is 14.3 Å². The molecule has 0 radical (unpaired) electrons. The number of nitrogens with two attached hydrogens (primary N) is 1. The SMILES string of the molecule is COc1cccc(OCC(=O)Nc2c(C)cccc2N)c1. The minimum atomic E-state index is -0.265. The molecular weight excluding hydrogens is 268 g/mol. The number of benzene rings is 2. The second-order valence-electron chi connectivity index (χ2n) is 4.55. The third-order valence-corrected chi connectivity index (χ3v) is 2.98. The van der Waals surface area contributed by atoms with Gasteiger partial charge in [0.1, 0.15) is 11.5 Å². The lowest BCUT2D eigenvalue weighted by molar-refractivity contribution is -0.118. The number of methoxy groups -OCH3 is 1. The molecule has 1 amide bonds. The van der Waals surface area contributed by atoms with E-state index in [1.165, 1.54) is 0 Å². The Balaban J connectivity index is 1.96. The quantitative estimate of drug-likeness (QED) is 0.829. The summed E-state index contributed by atoms with van der Waals surface area (Å²) < 4.78 is 10.5. The highest BCUT2D eigenvalue weighted by molar-refractivity contribution is 5.95. The highest BCUT2D eigenvalue weighted by Crippen LogP contribution is 2.22. The van der Waals surface area contributed by atoms with E-state index in [0.717, 1.165) is 5.56 Å². The summed E-state index contributed by atoms with van der Waals surface area (Å²) in [6.45, 7) is 1.79. The molecule has 0 aliphatic heterocycles. The van der Waals surface area contributed by atoms with Crippen molar-refractivity contribution in [2.24, 2.45) is 0 Å². The van der Waals surface area contributed by atoms with Gasteiger partial charge < -0.3 is 20.5 Å². The maximum atomic E-state index is 11.9. The van der Waals surface area contributed by atoms with E-state index in [0.29, 0.717) is 22.9 Å². The Morgan fingerprint density at radius 2 is 1.90 bits per heavy atom. The molecule has 0 spiro atoms. The van der Waals surface area contributed by atoms with Gasteiger partial charge in [-0.15, -0.1) is 0 Å². The number of anilines is 2. The molecule has 0 bridgehead atoms. The van der Waals surface area contributed by atoms with Gasteiger partial charge in [-0.25, -0.2) is 0 Å². The Morgan fingerprint density at radius 1 is 1.19 bits per heavy atom. The first-order valence-corrected chi connectivity index (χ1v) is 6.52. The van der Waals surface area contributed by atoms with E-state index < -0.39 is 0 Å². The van der Waals surface area contributed by atoms with Crippen LogP contribution in [0.25, 0.3) is 0 Å². The first kappa shape index (κ1) is 14.7. The van der Waals surface area contributed by atoms with Gasteiger partial charge in [-0.3, -0.25) is 4.79 Å². The molecule has 0 aliphatic rings. The van der Waals surface area contributed by atoms with Crippen molar-refractivity contribution in [2.45, 2.75) is 6.92 Å². The molecule has 21 heavy (non-hydrogen) atoms. The standard InChI is InChI=1S/C16H18N2O3/c1-11-5-3-8-14(17)16(11)18-15(19)10-21-13-7-4-6-12(9-13)20-2/h3-9H,10,17H2,1-2H3,(H,18,19). The first-order chi connectivity index (χ1) is 10.1. The van der Waals surface area contributed by atoms with Crippen LogP contribution in [0.1, 0.15) is 5.56 Å². The average molecular weight is 286 g/mol. The molecule has 3 N–H and O–H groups in total. The largest absolute Gasteiger partial charge is 0.497 e. The monoisotopic (exact) mass is 286 g/mol. The van der Waals surface area contributed by atoms with Crippen LogP contribution in [0.2, 0.25) is 0 Å². The van der Waals surface area contributed by atoms with Crippen LogP contribution < -0.4 is 20.5 Å². The second kappa shape index (κ2) is 6.65. The van der Waals surface area contributed by atoms with E-state index in [9.17, 15) is 4.79 Å². The van der Waals surface area contributed by atoms with E-state index in [1.54, 1.807) is 37.4 Å². The van der Waals surface area contributed by atoms with Gasteiger partial charge >= 0.3 is 0 Å². The number of ether oxygens (including phenoxy) is 2. The van der Waals surface area contributed by atoms with Crippen LogP contribution in [0, 0.1) is 6.92 Å². The fourth-order valence-electron chi connectivity index (χ4n) is 1.88. The first-order valence-electron chi connectivity index (χ1n) is 6.52. The minimum absolute atomic E-state index is 0.0963. The van der Waals surface area contributed by atoms with Gasteiger partial charge in [-0.2, -0.15) is 0 Å². The summed E-state index contributed by atoms with van der Waals surface area (Å²) >= 11 is 0. The number of aryl methyl sites for hydroxylation is 1. The number of carbonyl (C=O) groups is 1. The molecule has 0 saturated carbocycles. The summed E-state index contributed by atoms with van der Waals surface area (Å²) in [5, 5.41) is 2.76. The molecule has 0 unspecified atom stereocenters. The van der Waals surface area contributed by atoms with Crippen LogP contribution in [0.5, 0.6) is 11.5 Å². The van der Waals surface area contributed by atoms with E-state index in [2.05, 4.69) is 5.32 Å². The van der Waals surface area contributed by atoms with Crippen LogP contribution in [-0.4, -0.2) is 19.6 Å². The second-order valence-corrected chi connectivity index (χ2v) is 4.55. The van der Waals surface area contributed by atoms with Crippen LogP contribution in [0.3, 0.4) is 0 Å². The fourth-order valence-corrected chi connectivity index (χ4v) is 1.88. The third kappa shape index (κ3) is 3.89. The van der Waals surface area contributed by atoms with Gasteiger partial charge in [0, 0.05) is 6.07 Å². The van der Waals surface area contributed by atoms with Crippen molar-refractivity contribution in [2.75, 3.05) is 24.8 Å². The lowest BCUT2D eigenvalue weighted by atomic mass is 10.1. The van der Waals surface area contributed by atoms with Gasteiger partial charge in [0.25, 0.3) is 5.91 Å². The van der Waals surface area contributed by atoms with Gasteiger partial charge in [-0.1, -0.05) is 18.2 Å². The van der Waals surface area contributed by atoms with E-state index in [4.69, 9.17) is 15.2 Å². The molecule has 0 aliphatic carbocycles. The van der Waals surface area contributed by atoms with E-state index in [-0.39, 0.29) is 12.5 Å². The van der Waals surface area contributed by atoms with Crippen molar-refractivity contribution in [3.05, 3.63) is 48.0 Å². The van der Waals surface area contributed by atoms with Gasteiger partial charge in [0.2, 0.25) is 0 Å². The summed E-state index contributed by atoms with van der Waals surface area (Å²) in [7, 11) is 1.58. The third-order valence-electron chi connectivity index (χ3n) is 2.98. The predicted molar refractivity (Wildman–Crippen MR) is 82.7 cm³/mol. The summed E-state index contributed by atoms with van der Waals surface area (Å²) in [5.74, 6) is 0.983. The Hall–Kier alpha value is -2.69. The Labute approximate surface area is 123 Å². The number of nitrogen functional groups attached to an aromatic ring is 1. The highest BCUT2D eigenvalue weighted by atomic mass is 16.5. The average Bonchev–Trinajstić information content (AvgIpc) is 2.49. The number of carbonyl (C=O) groups excluding carboxylic acids is 1. The van der Waals surface area contributed by atoms with Gasteiger partial charge in [0.15, 0.2) is 6.61 Å². The van der Waals surface area contributed by atoms with Crippen LogP contribution in [0.15, 0.2) is 42.5 Å². The van der Waals surface area contributed by atoms with Crippen molar-refractivity contribution in [1.29, 1.82) is 0 Å². The van der Waals surface area contributed by atoms with E-state index >= 15 is 0 Å². The smallest absolute Gasteiger partial charge is 0.262 e. The lowest BCUT2D eigenvalue weighted by Crippen LogP contribution is -2.21. The van der Waals surface area contributed by atoms with Gasteiger partial charge in [0.05, 0.1) is 18.5 Å². The molecule has 0 fully saturated rings. The molecule has 2 rings (SSSR count). The zero-order valence-corrected chi connectivity index (χ0v) is 12.1. The normalized spacial score (nSPS) is 10.0. The predicted octanol–water partition coefficient (Wildman–Crippen LogP) is 2.60. The topological polar surface area (TPSA) is 73.6 Å². The number of para-hydroxylation sites is 1. The zero-order valence-electron chi connectivity index (χ0n) is 12.1. The highest BCUT2D eigenvalue weighted by Gasteiger charge is 2.08. The molecule has 2 aromatic rings. The summed E-state index contributed by atoms with van der Waals surface area (Å²) in [4.78, 5) is 11.9. The lowest BCUT2D eigenvalue weighted by Gasteiger charge is -2.12.